The van der Waals surface area contributed by atoms with E-state index < -0.39 is 11.7 Å². The van der Waals surface area contributed by atoms with E-state index in [0.29, 0.717) is 12.2 Å². The van der Waals surface area contributed by atoms with Gasteiger partial charge in [-0.15, -0.1) is 0 Å². The normalized spacial score (nSPS) is 10.8. The standard InChI is InChI=1S/C11H15N5O3/c1-6-8(7(2)13-12-6)5-9-14-15-11(19)16(9)4-3-10(17)18/h3-5H2,1-2H3,(H,12,13)(H,15,19)(H,17,18). The van der Waals surface area contributed by atoms with Gasteiger partial charge in [0, 0.05) is 24.2 Å². The molecule has 19 heavy (non-hydrogen) atoms. The molecule has 0 saturated heterocycles. The van der Waals surface area contributed by atoms with Crippen molar-refractivity contribution in [2.24, 2.45) is 0 Å². The summed E-state index contributed by atoms with van der Waals surface area (Å²) in [6.07, 6.45) is 0.322. The molecule has 2 rings (SSSR count). The molecule has 2 heterocycles. The Morgan fingerprint density at radius 3 is 2.63 bits per heavy atom. The fourth-order valence-electron chi connectivity index (χ4n) is 1.92. The van der Waals surface area contributed by atoms with E-state index in [0.717, 1.165) is 17.0 Å². The van der Waals surface area contributed by atoms with Gasteiger partial charge >= 0.3 is 11.7 Å². The zero-order valence-electron chi connectivity index (χ0n) is 10.7. The predicted molar refractivity (Wildman–Crippen MR) is 66.0 cm³/mol. The van der Waals surface area contributed by atoms with Crippen LogP contribution >= 0.6 is 0 Å². The van der Waals surface area contributed by atoms with Crippen LogP contribution < -0.4 is 5.69 Å². The quantitative estimate of drug-likeness (QED) is 0.702. The molecule has 0 unspecified atom stereocenters. The number of rotatable bonds is 5. The minimum absolute atomic E-state index is 0.107. The third-order valence-electron chi connectivity index (χ3n) is 3.00. The van der Waals surface area contributed by atoms with Crippen molar-refractivity contribution < 1.29 is 9.90 Å². The third kappa shape index (κ3) is 2.72. The molecule has 0 amide bonds. The van der Waals surface area contributed by atoms with Crippen molar-refractivity contribution >= 4 is 5.97 Å². The first-order valence-corrected chi connectivity index (χ1v) is 5.85. The lowest BCUT2D eigenvalue weighted by atomic mass is 10.1. The summed E-state index contributed by atoms with van der Waals surface area (Å²) >= 11 is 0. The Kier molecular flexibility index (Phi) is 3.50. The zero-order valence-corrected chi connectivity index (χ0v) is 10.7. The van der Waals surface area contributed by atoms with Crippen LogP contribution in [-0.4, -0.2) is 36.0 Å². The minimum atomic E-state index is -0.949. The van der Waals surface area contributed by atoms with Gasteiger partial charge in [-0.25, -0.2) is 9.89 Å². The number of aromatic nitrogens is 5. The maximum atomic E-state index is 11.6. The van der Waals surface area contributed by atoms with E-state index in [1.807, 2.05) is 13.8 Å². The number of carboxylic acids is 1. The Balaban J connectivity index is 2.26. The van der Waals surface area contributed by atoms with E-state index in [1.54, 1.807) is 0 Å². The van der Waals surface area contributed by atoms with E-state index in [4.69, 9.17) is 5.11 Å². The number of H-pyrrole nitrogens is 2. The fraction of sp³-hybridized carbons (Fsp3) is 0.455. The first-order chi connectivity index (χ1) is 8.99. The van der Waals surface area contributed by atoms with Gasteiger partial charge in [-0.1, -0.05) is 0 Å². The van der Waals surface area contributed by atoms with E-state index >= 15 is 0 Å². The van der Waals surface area contributed by atoms with Gasteiger partial charge in [0.15, 0.2) is 0 Å². The highest BCUT2D eigenvalue weighted by atomic mass is 16.4. The average Bonchev–Trinajstić information content (AvgIpc) is 2.85. The number of hydrogen-bond acceptors (Lipinski definition) is 4. The minimum Gasteiger partial charge on any atom is -0.481 e. The molecule has 0 atom stereocenters. The summed E-state index contributed by atoms with van der Waals surface area (Å²) in [5.74, 6) is -0.437. The molecule has 0 aliphatic rings. The second-order valence-electron chi connectivity index (χ2n) is 4.33. The van der Waals surface area contributed by atoms with E-state index in [2.05, 4.69) is 20.4 Å². The van der Waals surface area contributed by atoms with Crippen LogP contribution in [0.3, 0.4) is 0 Å². The summed E-state index contributed by atoms with van der Waals surface area (Å²) in [6, 6.07) is 0. The Labute approximate surface area is 108 Å². The lowest BCUT2D eigenvalue weighted by Crippen LogP contribution is -2.21. The van der Waals surface area contributed by atoms with Gasteiger partial charge in [0.1, 0.15) is 5.82 Å². The van der Waals surface area contributed by atoms with Crippen molar-refractivity contribution in [3.8, 4) is 0 Å². The highest BCUT2D eigenvalue weighted by molar-refractivity contribution is 5.66. The molecule has 0 aliphatic carbocycles. The number of aryl methyl sites for hydroxylation is 2. The maximum Gasteiger partial charge on any atom is 0.343 e. The first-order valence-electron chi connectivity index (χ1n) is 5.85. The zero-order chi connectivity index (χ0) is 14.0. The monoisotopic (exact) mass is 265 g/mol. The molecule has 0 radical (unpaired) electrons. The second-order valence-corrected chi connectivity index (χ2v) is 4.33. The Morgan fingerprint density at radius 2 is 2.05 bits per heavy atom. The molecule has 2 aromatic heterocycles. The van der Waals surface area contributed by atoms with E-state index in [-0.39, 0.29) is 13.0 Å². The highest BCUT2D eigenvalue weighted by Crippen LogP contribution is 2.13. The van der Waals surface area contributed by atoms with Crippen molar-refractivity contribution in [1.82, 2.24) is 25.0 Å². The Bertz CT molecular complexity index is 632. The molecule has 102 valence electrons. The molecule has 0 bridgehead atoms. The van der Waals surface area contributed by atoms with Crippen LogP contribution in [0.1, 0.15) is 29.2 Å². The van der Waals surface area contributed by atoms with E-state index in [9.17, 15) is 9.59 Å². The summed E-state index contributed by atoms with van der Waals surface area (Å²) in [5.41, 5.74) is 2.33. The van der Waals surface area contributed by atoms with Gasteiger partial charge in [0.2, 0.25) is 0 Å². The highest BCUT2D eigenvalue weighted by Gasteiger charge is 2.14. The van der Waals surface area contributed by atoms with Gasteiger partial charge in [-0.3, -0.25) is 14.5 Å². The van der Waals surface area contributed by atoms with Crippen LogP contribution in [-0.2, 0) is 17.8 Å². The molecule has 0 aliphatic heterocycles. The lowest BCUT2D eigenvalue weighted by Gasteiger charge is -2.04. The molecule has 8 heteroatoms. The summed E-state index contributed by atoms with van der Waals surface area (Å²) in [5, 5.41) is 21.9. The van der Waals surface area contributed by atoms with Crippen molar-refractivity contribution in [3.05, 3.63) is 33.3 Å². The van der Waals surface area contributed by atoms with Gasteiger partial charge < -0.3 is 5.11 Å². The van der Waals surface area contributed by atoms with Crippen molar-refractivity contribution in [2.45, 2.75) is 33.2 Å². The largest absolute Gasteiger partial charge is 0.481 e. The molecule has 0 fully saturated rings. The summed E-state index contributed by atoms with van der Waals surface area (Å²) in [4.78, 5) is 22.2. The van der Waals surface area contributed by atoms with E-state index in [1.165, 1.54) is 4.57 Å². The first kappa shape index (κ1) is 13.1. The third-order valence-corrected chi connectivity index (χ3v) is 3.00. The molecule has 3 N–H and O–H groups in total. The smallest absolute Gasteiger partial charge is 0.343 e. The van der Waals surface area contributed by atoms with Crippen molar-refractivity contribution in [2.75, 3.05) is 0 Å². The number of nitrogens with zero attached hydrogens (tertiary/aromatic N) is 3. The van der Waals surface area contributed by atoms with Gasteiger partial charge in [0.05, 0.1) is 12.1 Å². The number of carboxylic acid groups (broad SMARTS) is 1. The molecule has 0 saturated carbocycles. The summed E-state index contributed by atoms with van der Waals surface area (Å²) in [6.45, 7) is 3.86. The molecule has 0 spiro atoms. The summed E-state index contributed by atoms with van der Waals surface area (Å²) in [7, 11) is 0. The Hall–Kier alpha value is -2.38. The van der Waals surface area contributed by atoms with Gasteiger partial charge in [0.25, 0.3) is 0 Å². The van der Waals surface area contributed by atoms with Crippen LogP contribution in [0, 0.1) is 13.8 Å². The fourth-order valence-corrected chi connectivity index (χ4v) is 1.92. The molecular formula is C11H15N5O3. The van der Waals surface area contributed by atoms with Crippen LogP contribution in [0.4, 0.5) is 0 Å². The molecular weight excluding hydrogens is 250 g/mol. The number of hydrogen-bond donors (Lipinski definition) is 3. The number of nitrogens with one attached hydrogen (secondary N) is 2. The number of aliphatic carboxylic acids is 1. The molecule has 0 aromatic carbocycles. The summed E-state index contributed by atoms with van der Waals surface area (Å²) < 4.78 is 1.35. The van der Waals surface area contributed by atoms with Crippen molar-refractivity contribution in [1.29, 1.82) is 0 Å². The SMILES string of the molecule is Cc1n[nH]c(C)c1Cc1n[nH]c(=O)n1CCC(=O)O. The lowest BCUT2D eigenvalue weighted by molar-refractivity contribution is -0.137. The number of carbonyl (C=O) groups is 1. The topological polar surface area (TPSA) is 117 Å². The van der Waals surface area contributed by atoms with Gasteiger partial charge in [-0.2, -0.15) is 10.2 Å². The van der Waals surface area contributed by atoms with Gasteiger partial charge in [-0.05, 0) is 13.8 Å². The van der Waals surface area contributed by atoms with Crippen LogP contribution in [0.5, 0.6) is 0 Å². The van der Waals surface area contributed by atoms with Crippen molar-refractivity contribution in [3.63, 3.8) is 0 Å². The average molecular weight is 265 g/mol. The molecule has 8 nitrogen and oxygen atoms in total. The molecule has 2 aromatic rings. The van der Waals surface area contributed by atoms with Crippen LogP contribution in [0.15, 0.2) is 4.79 Å². The maximum absolute atomic E-state index is 11.6. The number of aromatic amines is 2. The van der Waals surface area contributed by atoms with Crippen LogP contribution in [0.2, 0.25) is 0 Å². The Morgan fingerprint density at radius 1 is 1.32 bits per heavy atom. The second kappa shape index (κ2) is 5.09. The predicted octanol–water partition coefficient (Wildman–Crippen LogP) is -0.0232. The van der Waals surface area contributed by atoms with Crippen LogP contribution in [0.25, 0.3) is 0 Å².